The molecule has 0 aromatic heterocycles. The molecule has 0 amide bonds. The smallest absolute Gasteiger partial charge is 0.121 e. The highest BCUT2D eigenvalue weighted by Crippen LogP contribution is 2.23. The third kappa shape index (κ3) is 3.48. The number of anilines is 1. The van der Waals surface area contributed by atoms with Crippen LogP contribution in [0.15, 0.2) is 47.6 Å². The molecule has 5 nitrogen and oxygen atoms in total. The summed E-state index contributed by atoms with van der Waals surface area (Å²) in [4.78, 5) is 0. The van der Waals surface area contributed by atoms with Crippen LogP contribution in [0.3, 0.4) is 0 Å². The van der Waals surface area contributed by atoms with Gasteiger partial charge in [-0.2, -0.15) is 10.4 Å². The molecule has 0 aliphatic carbocycles. The lowest BCUT2D eigenvalue weighted by Gasteiger charge is -2.02. The van der Waals surface area contributed by atoms with Gasteiger partial charge in [0.05, 0.1) is 23.5 Å². The molecule has 0 unspecified atom stereocenters. The summed E-state index contributed by atoms with van der Waals surface area (Å²) in [7, 11) is 0. The number of hydrogen-bond acceptors (Lipinski definition) is 5. The van der Waals surface area contributed by atoms with Gasteiger partial charge < -0.3 is 10.2 Å². The normalized spacial score (nSPS) is 10.3. The zero-order valence-electron chi connectivity index (χ0n) is 9.91. The van der Waals surface area contributed by atoms with Crippen LogP contribution in [0.4, 0.5) is 5.69 Å². The van der Waals surface area contributed by atoms with Crippen molar-refractivity contribution in [3.05, 3.63) is 53.6 Å². The number of rotatable bonds is 3. The number of hydrazone groups is 1. The van der Waals surface area contributed by atoms with Gasteiger partial charge >= 0.3 is 0 Å². The SMILES string of the molecule is N#Cc1ccc(/C=N\Nc2cc(O)cc(O)c2)cc1. The van der Waals surface area contributed by atoms with E-state index in [0.29, 0.717) is 11.3 Å². The number of benzene rings is 2. The molecule has 5 heteroatoms. The number of aromatic hydroxyl groups is 2. The van der Waals surface area contributed by atoms with Gasteiger partial charge in [0.2, 0.25) is 0 Å². The van der Waals surface area contributed by atoms with E-state index < -0.39 is 0 Å². The van der Waals surface area contributed by atoms with Crippen LogP contribution in [-0.4, -0.2) is 16.4 Å². The molecule has 0 saturated carbocycles. The third-order valence-corrected chi connectivity index (χ3v) is 2.35. The minimum atomic E-state index is -0.0453. The molecular weight excluding hydrogens is 242 g/mol. The average molecular weight is 253 g/mol. The largest absolute Gasteiger partial charge is 0.508 e. The van der Waals surface area contributed by atoms with Gasteiger partial charge in [0.25, 0.3) is 0 Å². The van der Waals surface area contributed by atoms with E-state index in [0.717, 1.165) is 5.56 Å². The van der Waals surface area contributed by atoms with Crippen LogP contribution in [0.1, 0.15) is 11.1 Å². The molecule has 0 aliphatic heterocycles. The van der Waals surface area contributed by atoms with Gasteiger partial charge in [-0.15, -0.1) is 0 Å². The van der Waals surface area contributed by atoms with E-state index in [1.807, 2.05) is 6.07 Å². The first kappa shape index (κ1) is 12.5. The van der Waals surface area contributed by atoms with Crippen LogP contribution in [0.25, 0.3) is 0 Å². The average Bonchev–Trinajstić information content (AvgIpc) is 2.38. The first-order chi connectivity index (χ1) is 9.17. The molecule has 0 spiro atoms. The second kappa shape index (κ2) is 5.56. The molecule has 19 heavy (non-hydrogen) atoms. The molecule has 2 rings (SSSR count). The van der Waals surface area contributed by atoms with Crippen molar-refractivity contribution < 1.29 is 10.2 Å². The lowest BCUT2D eigenvalue weighted by atomic mass is 10.2. The van der Waals surface area contributed by atoms with E-state index in [4.69, 9.17) is 5.26 Å². The maximum Gasteiger partial charge on any atom is 0.121 e. The molecule has 0 atom stereocenters. The second-order valence-corrected chi connectivity index (χ2v) is 3.84. The number of nitrogens with zero attached hydrogens (tertiary/aromatic N) is 2. The van der Waals surface area contributed by atoms with E-state index in [1.54, 1.807) is 30.5 Å². The molecule has 0 saturated heterocycles. The summed E-state index contributed by atoms with van der Waals surface area (Å²) < 4.78 is 0. The molecule has 2 aromatic rings. The van der Waals surface area contributed by atoms with Crippen molar-refractivity contribution in [1.82, 2.24) is 0 Å². The quantitative estimate of drug-likeness (QED) is 0.579. The minimum Gasteiger partial charge on any atom is -0.508 e. The van der Waals surface area contributed by atoms with Crippen LogP contribution in [0, 0.1) is 11.3 Å². The van der Waals surface area contributed by atoms with Gasteiger partial charge in [0.15, 0.2) is 0 Å². The van der Waals surface area contributed by atoms with E-state index in [-0.39, 0.29) is 11.5 Å². The Balaban J connectivity index is 2.04. The Hall–Kier alpha value is -3.00. The highest BCUT2D eigenvalue weighted by Gasteiger charge is 1.97. The predicted octanol–water partition coefficient (Wildman–Crippen LogP) is 2.42. The van der Waals surface area contributed by atoms with Crippen molar-refractivity contribution in [1.29, 1.82) is 5.26 Å². The van der Waals surface area contributed by atoms with Crippen molar-refractivity contribution in [2.45, 2.75) is 0 Å². The number of nitriles is 1. The van der Waals surface area contributed by atoms with Gasteiger partial charge in [-0.1, -0.05) is 12.1 Å². The van der Waals surface area contributed by atoms with Gasteiger partial charge in [0.1, 0.15) is 11.5 Å². The van der Waals surface area contributed by atoms with Crippen LogP contribution in [0.2, 0.25) is 0 Å². The van der Waals surface area contributed by atoms with Crippen molar-refractivity contribution >= 4 is 11.9 Å². The maximum atomic E-state index is 9.29. The fourth-order valence-electron chi connectivity index (χ4n) is 1.48. The summed E-state index contributed by atoms with van der Waals surface area (Å²) in [6.45, 7) is 0. The van der Waals surface area contributed by atoms with E-state index in [9.17, 15) is 10.2 Å². The van der Waals surface area contributed by atoms with Crippen molar-refractivity contribution in [2.75, 3.05) is 5.43 Å². The van der Waals surface area contributed by atoms with Crippen molar-refractivity contribution in [3.8, 4) is 17.6 Å². The van der Waals surface area contributed by atoms with E-state index in [1.165, 1.54) is 18.2 Å². The van der Waals surface area contributed by atoms with Gasteiger partial charge in [-0.05, 0) is 17.7 Å². The van der Waals surface area contributed by atoms with E-state index >= 15 is 0 Å². The molecule has 0 radical (unpaired) electrons. The Morgan fingerprint density at radius 2 is 1.68 bits per heavy atom. The third-order valence-electron chi connectivity index (χ3n) is 2.35. The standard InChI is InChI=1S/C14H11N3O2/c15-8-10-1-3-11(4-2-10)9-16-17-12-5-13(18)7-14(19)6-12/h1-7,9,17-19H/b16-9-. The molecule has 0 aliphatic rings. The lowest BCUT2D eigenvalue weighted by Crippen LogP contribution is -1.90. The predicted molar refractivity (Wildman–Crippen MR) is 72.1 cm³/mol. The molecule has 2 aromatic carbocycles. The highest BCUT2D eigenvalue weighted by atomic mass is 16.3. The second-order valence-electron chi connectivity index (χ2n) is 3.84. The highest BCUT2D eigenvalue weighted by molar-refractivity contribution is 5.80. The first-order valence-electron chi connectivity index (χ1n) is 5.49. The molecular formula is C14H11N3O2. The minimum absolute atomic E-state index is 0.0453. The van der Waals surface area contributed by atoms with Gasteiger partial charge in [-0.25, -0.2) is 0 Å². The summed E-state index contributed by atoms with van der Waals surface area (Å²) in [5.41, 5.74) is 4.58. The summed E-state index contributed by atoms with van der Waals surface area (Å²) in [6.07, 6.45) is 1.57. The van der Waals surface area contributed by atoms with Crippen LogP contribution in [-0.2, 0) is 0 Å². The lowest BCUT2D eigenvalue weighted by molar-refractivity contribution is 0.451. The monoisotopic (exact) mass is 253 g/mol. The summed E-state index contributed by atoms with van der Waals surface area (Å²) in [5, 5.41) is 31.2. The molecule has 0 heterocycles. The number of hydrogen-bond donors (Lipinski definition) is 3. The summed E-state index contributed by atoms with van der Waals surface area (Å²) in [5.74, 6) is -0.0906. The molecule has 3 N–H and O–H groups in total. The number of phenols is 2. The Morgan fingerprint density at radius 3 is 2.26 bits per heavy atom. The van der Waals surface area contributed by atoms with Crippen LogP contribution < -0.4 is 5.43 Å². The first-order valence-corrected chi connectivity index (χ1v) is 5.49. The topological polar surface area (TPSA) is 88.6 Å². The van der Waals surface area contributed by atoms with Crippen LogP contribution >= 0.6 is 0 Å². The van der Waals surface area contributed by atoms with E-state index in [2.05, 4.69) is 10.5 Å². The molecule has 0 bridgehead atoms. The number of nitrogens with one attached hydrogen (secondary N) is 1. The summed E-state index contributed by atoms with van der Waals surface area (Å²) >= 11 is 0. The summed E-state index contributed by atoms with van der Waals surface area (Å²) in [6, 6.07) is 13.1. The Morgan fingerprint density at radius 1 is 1.05 bits per heavy atom. The Kier molecular flexibility index (Phi) is 3.64. The Bertz CT molecular complexity index is 622. The fraction of sp³-hybridized carbons (Fsp3) is 0. The Labute approximate surface area is 110 Å². The zero-order chi connectivity index (χ0) is 13.7. The molecule has 94 valence electrons. The van der Waals surface area contributed by atoms with Gasteiger partial charge in [0, 0.05) is 18.2 Å². The van der Waals surface area contributed by atoms with Crippen molar-refractivity contribution in [2.24, 2.45) is 5.10 Å². The maximum absolute atomic E-state index is 9.29. The fourth-order valence-corrected chi connectivity index (χ4v) is 1.48. The molecule has 0 fully saturated rings. The zero-order valence-corrected chi connectivity index (χ0v) is 9.91. The number of phenolic OH excluding ortho intramolecular Hbond substituents is 2. The van der Waals surface area contributed by atoms with Gasteiger partial charge in [-0.3, -0.25) is 5.43 Å². The van der Waals surface area contributed by atoms with Crippen LogP contribution in [0.5, 0.6) is 11.5 Å². The van der Waals surface area contributed by atoms with Crippen molar-refractivity contribution in [3.63, 3.8) is 0 Å².